The first-order chi connectivity index (χ1) is 19.7. The highest BCUT2D eigenvalue weighted by Crippen LogP contribution is 2.06. The Hall–Kier alpha value is -2.21. The van der Waals surface area contributed by atoms with E-state index in [9.17, 15) is 19.2 Å². The number of hydrogen-bond donors (Lipinski definition) is 3. The molecule has 0 saturated carbocycles. The van der Waals surface area contributed by atoms with Crippen molar-refractivity contribution in [2.75, 3.05) is 104 Å². The molecule has 0 aromatic rings. The van der Waals surface area contributed by atoms with Crippen LogP contribution < -0.4 is 16.4 Å². The lowest BCUT2D eigenvalue weighted by molar-refractivity contribution is -0.148. The monoisotopic (exact) mass is 613 g/mol. The lowest BCUT2D eigenvalue weighted by Crippen LogP contribution is -2.40. The van der Waals surface area contributed by atoms with Gasteiger partial charge in [-0.05, 0) is 20.8 Å². The first-order valence-corrected chi connectivity index (χ1v) is 14.5. The molecule has 240 valence electrons. The second kappa shape index (κ2) is 26.7. The lowest BCUT2D eigenvalue weighted by atomic mass is 10.2. The minimum absolute atomic E-state index is 0.0212. The summed E-state index contributed by atoms with van der Waals surface area (Å²) < 4.78 is 42.5. The number of carbonyl (C=O) groups is 4. The Balaban J connectivity index is 3.36. The van der Waals surface area contributed by atoms with Crippen molar-refractivity contribution >= 4 is 36.1 Å². The zero-order chi connectivity index (χ0) is 30.6. The number of rotatable bonds is 28. The molecule has 0 rings (SSSR count). The van der Waals surface area contributed by atoms with Crippen molar-refractivity contribution in [1.29, 1.82) is 0 Å². The number of esters is 1. The fraction of sp³-hybridized carbons (Fsp3) is 0.840. The molecule has 1 unspecified atom stereocenters. The predicted molar refractivity (Wildman–Crippen MR) is 150 cm³/mol. The van der Waals surface area contributed by atoms with Gasteiger partial charge < -0.3 is 54.3 Å². The summed E-state index contributed by atoms with van der Waals surface area (Å²) in [4.78, 5) is 44.8. The molecule has 0 heterocycles. The van der Waals surface area contributed by atoms with E-state index < -0.39 is 29.6 Å². The lowest BCUT2D eigenvalue weighted by Gasteiger charge is -2.19. The van der Waals surface area contributed by atoms with Gasteiger partial charge in [-0.25, -0.2) is 9.59 Å². The van der Waals surface area contributed by atoms with Gasteiger partial charge in [0.1, 0.15) is 18.2 Å². The number of carbonyl (C=O) groups excluding carboxylic acids is 4. The van der Waals surface area contributed by atoms with Crippen LogP contribution in [0.2, 0.25) is 0 Å². The summed E-state index contributed by atoms with van der Waals surface area (Å²) in [6.45, 7) is 10.4. The average molecular weight is 614 g/mol. The molecular weight excluding hydrogens is 566 g/mol. The number of primary amides is 1. The highest BCUT2D eigenvalue weighted by Gasteiger charge is 2.19. The fourth-order valence-electron chi connectivity index (χ4n) is 2.59. The summed E-state index contributed by atoms with van der Waals surface area (Å²) in [5, 5.41) is 4.96. The Labute approximate surface area is 246 Å². The minimum Gasteiger partial charge on any atom is -0.462 e. The van der Waals surface area contributed by atoms with Gasteiger partial charge in [0.15, 0.2) is 0 Å². The van der Waals surface area contributed by atoms with Crippen LogP contribution in [0.15, 0.2) is 0 Å². The normalized spacial score (nSPS) is 12.0. The largest absolute Gasteiger partial charge is 0.462 e. The van der Waals surface area contributed by atoms with E-state index >= 15 is 0 Å². The Kier molecular flexibility index (Phi) is 25.2. The van der Waals surface area contributed by atoms with Crippen LogP contribution >= 0.6 is 11.8 Å². The van der Waals surface area contributed by atoms with E-state index in [1.165, 1.54) is 0 Å². The van der Waals surface area contributed by atoms with E-state index in [-0.39, 0.29) is 24.7 Å². The maximum absolute atomic E-state index is 12.0. The topological polar surface area (TPSA) is 192 Å². The summed E-state index contributed by atoms with van der Waals surface area (Å²) in [5.41, 5.74) is 4.52. The number of nitrogens with one attached hydrogen (secondary N) is 2. The standard InChI is InChI=1S/C25H47N3O12S/c1-25(2,3)40-24(32)27-4-5-33-6-7-34-8-9-35-10-11-36-12-13-37-14-15-38-16-17-39-23(31)21(28-20-29)18-41-19-22(26)30/h20-21H,4-19H2,1-3H3,(H2,26,30)(H,27,32)(H,28,29). The zero-order valence-corrected chi connectivity index (χ0v) is 25.2. The quantitative estimate of drug-likeness (QED) is 0.0581. The molecule has 3 amide bonds. The van der Waals surface area contributed by atoms with Crippen molar-refractivity contribution in [2.45, 2.75) is 32.4 Å². The maximum atomic E-state index is 12.0. The van der Waals surface area contributed by atoms with Crippen LogP contribution in [0, 0.1) is 0 Å². The highest BCUT2D eigenvalue weighted by atomic mass is 32.2. The van der Waals surface area contributed by atoms with Gasteiger partial charge in [0.25, 0.3) is 0 Å². The molecule has 0 fully saturated rings. The Morgan fingerprint density at radius 3 is 1.61 bits per heavy atom. The molecule has 0 radical (unpaired) electrons. The molecule has 4 N–H and O–H groups in total. The van der Waals surface area contributed by atoms with E-state index in [1.807, 2.05) is 0 Å². The van der Waals surface area contributed by atoms with Gasteiger partial charge in [-0.1, -0.05) is 0 Å². The van der Waals surface area contributed by atoms with Crippen LogP contribution in [0.25, 0.3) is 0 Å². The van der Waals surface area contributed by atoms with Gasteiger partial charge >= 0.3 is 12.1 Å². The van der Waals surface area contributed by atoms with Crippen LogP contribution in [-0.2, 0) is 52.3 Å². The first-order valence-electron chi connectivity index (χ1n) is 13.3. The van der Waals surface area contributed by atoms with Crippen LogP contribution in [0.1, 0.15) is 20.8 Å². The van der Waals surface area contributed by atoms with Crippen LogP contribution in [0.3, 0.4) is 0 Å². The van der Waals surface area contributed by atoms with Gasteiger partial charge in [-0.3, -0.25) is 9.59 Å². The number of hydrogen-bond acceptors (Lipinski definition) is 13. The van der Waals surface area contributed by atoms with Crippen molar-refractivity contribution < 1.29 is 57.1 Å². The second-order valence-corrected chi connectivity index (χ2v) is 10.1. The molecule has 41 heavy (non-hydrogen) atoms. The molecule has 0 aliphatic heterocycles. The zero-order valence-electron chi connectivity index (χ0n) is 24.4. The third-order valence-corrected chi connectivity index (χ3v) is 5.39. The van der Waals surface area contributed by atoms with Crippen LogP contribution in [0.4, 0.5) is 4.79 Å². The Bertz CT molecular complexity index is 697. The third kappa shape index (κ3) is 29.1. The van der Waals surface area contributed by atoms with Crippen molar-refractivity contribution in [3.8, 4) is 0 Å². The molecule has 15 nitrogen and oxygen atoms in total. The number of nitrogens with two attached hydrogens (primary N) is 1. The van der Waals surface area contributed by atoms with E-state index in [1.54, 1.807) is 20.8 Å². The number of alkyl carbamates (subject to hydrolysis) is 1. The highest BCUT2D eigenvalue weighted by molar-refractivity contribution is 8.00. The van der Waals surface area contributed by atoms with Gasteiger partial charge in [0.2, 0.25) is 12.3 Å². The molecule has 0 bridgehead atoms. The Morgan fingerprint density at radius 2 is 1.20 bits per heavy atom. The van der Waals surface area contributed by atoms with E-state index in [2.05, 4.69) is 10.6 Å². The molecule has 0 aromatic carbocycles. The molecule has 16 heteroatoms. The van der Waals surface area contributed by atoms with Crippen molar-refractivity contribution in [2.24, 2.45) is 5.73 Å². The third-order valence-electron chi connectivity index (χ3n) is 4.33. The maximum Gasteiger partial charge on any atom is 0.407 e. The number of amides is 3. The molecule has 0 aliphatic carbocycles. The molecular formula is C25H47N3O12S. The van der Waals surface area contributed by atoms with Gasteiger partial charge in [0, 0.05) is 12.3 Å². The predicted octanol–water partition coefficient (Wildman–Crippen LogP) is -0.513. The second-order valence-electron chi connectivity index (χ2n) is 9.09. The van der Waals surface area contributed by atoms with Crippen LogP contribution in [0.5, 0.6) is 0 Å². The summed E-state index contributed by atoms with van der Waals surface area (Å²) in [5.74, 6) is -0.907. The average Bonchev–Trinajstić information content (AvgIpc) is 2.89. The molecule has 0 saturated heterocycles. The van der Waals surface area contributed by atoms with Gasteiger partial charge in [0.05, 0.1) is 85.0 Å². The summed E-state index contributed by atoms with van der Waals surface area (Å²) in [6.07, 6.45) is -0.0704. The molecule has 0 aliphatic rings. The van der Waals surface area contributed by atoms with Crippen molar-refractivity contribution in [3.63, 3.8) is 0 Å². The Morgan fingerprint density at radius 1 is 0.756 bits per heavy atom. The first kappa shape index (κ1) is 38.8. The van der Waals surface area contributed by atoms with Crippen molar-refractivity contribution in [3.05, 3.63) is 0 Å². The van der Waals surface area contributed by atoms with Gasteiger partial charge in [-0.2, -0.15) is 0 Å². The SMILES string of the molecule is CC(C)(C)OC(=O)NCCOCCOCCOCCOCCOCCOCCOC(=O)C(CSCC(N)=O)NC=O. The molecule has 1 atom stereocenters. The summed E-state index contributed by atoms with van der Waals surface area (Å²) in [6, 6.07) is -0.863. The summed E-state index contributed by atoms with van der Waals surface area (Å²) in [7, 11) is 0. The van der Waals surface area contributed by atoms with Gasteiger partial charge in [-0.15, -0.1) is 11.8 Å². The molecule has 0 aromatic heterocycles. The van der Waals surface area contributed by atoms with E-state index in [4.69, 9.17) is 43.6 Å². The van der Waals surface area contributed by atoms with E-state index in [0.717, 1.165) is 11.8 Å². The van der Waals surface area contributed by atoms with E-state index in [0.29, 0.717) is 85.6 Å². The molecule has 0 spiro atoms. The smallest absolute Gasteiger partial charge is 0.407 e. The van der Waals surface area contributed by atoms with Crippen molar-refractivity contribution in [1.82, 2.24) is 10.6 Å². The fourth-order valence-corrected chi connectivity index (χ4v) is 3.37. The summed E-state index contributed by atoms with van der Waals surface area (Å²) >= 11 is 1.13. The number of thioether (sulfide) groups is 1. The minimum atomic E-state index is -0.863. The van der Waals surface area contributed by atoms with Crippen LogP contribution in [-0.4, -0.2) is 140 Å². The number of ether oxygens (including phenoxy) is 8.